The highest BCUT2D eigenvalue weighted by Crippen LogP contribution is 2.44. The molecular weight excluding hydrogens is 291 g/mol. The molecule has 0 aliphatic heterocycles. The molecule has 0 atom stereocenters. The molecule has 0 amide bonds. The van der Waals surface area contributed by atoms with Crippen LogP contribution in [0.1, 0.15) is 21.5 Å². The Morgan fingerprint density at radius 2 is 1.94 bits per heavy atom. The number of halogens is 3. The fraction of sp³-hybridized carbons (Fsp3) is 0.300. The molecule has 0 aromatic heterocycles. The maximum atomic E-state index is 10.9. The Kier molecular flexibility index (Phi) is 4.41. The second-order valence-electron chi connectivity index (χ2n) is 3.12. The molecule has 0 heterocycles. The van der Waals surface area contributed by atoms with Gasteiger partial charge in [0.25, 0.3) is 0 Å². The van der Waals surface area contributed by atoms with Crippen molar-refractivity contribution in [3.8, 4) is 0 Å². The molecule has 16 heavy (non-hydrogen) atoms. The zero-order chi connectivity index (χ0) is 12.5. The molecule has 0 saturated heterocycles. The average Bonchev–Trinajstić information content (AvgIpc) is 2.15. The van der Waals surface area contributed by atoms with Crippen LogP contribution in [0.15, 0.2) is 17.0 Å². The summed E-state index contributed by atoms with van der Waals surface area (Å²) in [4.78, 5) is 11.6. The molecule has 88 valence electrons. The van der Waals surface area contributed by atoms with Crippen LogP contribution in [0.5, 0.6) is 0 Å². The van der Waals surface area contributed by atoms with Gasteiger partial charge in [0.2, 0.25) is 3.79 Å². The summed E-state index contributed by atoms with van der Waals surface area (Å²) >= 11 is 18.8. The molecule has 0 unspecified atom stereocenters. The average molecular weight is 300 g/mol. The Morgan fingerprint density at radius 1 is 1.38 bits per heavy atom. The Balaban J connectivity index is 3.47. The van der Waals surface area contributed by atoms with E-state index in [0.29, 0.717) is 16.0 Å². The summed E-state index contributed by atoms with van der Waals surface area (Å²) in [6, 6.07) is 2.99. The van der Waals surface area contributed by atoms with Gasteiger partial charge in [-0.05, 0) is 24.8 Å². The van der Waals surface area contributed by atoms with Crippen LogP contribution >= 0.6 is 46.6 Å². The van der Waals surface area contributed by atoms with Gasteiger partial charge in [0.1, 0.15) is 0 Å². The van der Waals surface area contributed by atoms with E-state index >= 15 is 0 Å². The van der Waals surface area contributed by atoms with Gasteiger partial charge in [-0.2, -0.15) is 0 Å². The molecule has 0 bridgehead atoms. The molecule has 2 nitrogen and oxygen atoms in total. The van der Waals surface area contributed by atoms with Gasteiger partial charge in [-0.25, -0.2) is 4.79 Å². The zero-order valence-corrected chi connectivity index (χ0v) is 11.6. The summed E-state index contributed by atoms with van der Waals surface area (Å²) in [6.45, 7) is 1.70. The largest absolute Gasteiger partial charge is 0.478 e. The van der Waals surface area contributed by atoms with Crippen LogP contribution in [0.4, 0.5) is 0 Å². The van der Waals surface area contributed by atoms with Gasteiger partial charge in [0.05, 0.1) is 5.56 Å². The quantitative estimate of drug-likeness (QED) is 0.655. The fourth-order valence-corrected chi connectivity index (χ4v) is 2.91. The molecule has 6 heteroatoms. The van der Waals surface area contributed by atoms with E-state index in [1.54, 1.807) is 6.92 Å². The number of alkyl halides is 3. The van der Waals surface area contributed by atoms with Crippen molar-refractivity contribution in [3.63, 3.8) is 0 Å². The minimum Gasteiger partial charge on any atom is -0.478 e. The number of carboxylic acids is 1. The molecule has 1 aromatic rings. The smallest absolute Gasteiger partial charge is 0.335 e. The van der Waals surface area contributed by atoms with Crippen LogP contribution in [0.2, 0.25) is 0 Å². The summed E-state index contributed by atoms with van der Waals surface area (Å²) in [5.41, 5.74) is 1.35. The van der Waals surface area contributed by atoms with Crippen LogP contribution in [-0.4, -0.2) is 17.3 Å². The van der Waals surface area contributed by atoms with Crippen molar-refractivity contribution < 1.29 is 9.90 Å². The maximum absolute atomic E-state index is 10.9. The van der Waals surface area contributed by atoms with Crippen molar-refractivity contribution in [2.24, 2.45) is 0 Å². The lowest BCUT2D eigenvalue weighted by Crippen LogP contribution is -2.08. The third kappa shape index (κ3) is 2.77. The number of carboxylic acid groups (broad SMARTS) is 1. The summed E-state index contributed by atoms with van der Waals surface area (Å²) in [6.07, 6.45) is 1.81. The molecule has 0 saturated carbocycles. The lowest BCUT2D eigenvalue weighted by atomic mass is 10.1. The standard InChI is InChI=1S/C10H9Cl3O2S/c1-5-6(9(14)15)3-4-7(8(5)16-2)10(11,12)13/h3-4H,1-2H3,(H,14,15). The lowest BCUT2D eigenvalue weighted by Gasteiger charge is -2.18. The molecule has 0 radical (unpaired) electrons. The minimum absolute atomic E-state index is 0.224. The maximum Gasteiger partial charge on any atom is 0.335 e. The molecule has 0 aliphatic rings. The van der Waals surface area contributed by atoms with Crippen molar-refractivity contribution in [2.45, 2.75) is 15.6 Å². The Bertz CT molecular complexity index is 427. The van der Waals surface area contributed by atoms with Crippen molar-refractivity contribution in [1.82, 2.24) is 0 Å². The van der Waals surface area contributed by atoms with E-state index in [9.17, 15) is 4.79 Å². The Morgan fingerprint density at radius 3 is 2.31 bits per heavy atom. The van der Waals surface area contributed by atoms with Crippen LogP contribution in [0.25, 0.3) is 0 Å². The predicted octanol–water partition coefficient (Wildman–Crippen LogP) is 4.24. The summed E-state index contributed by atoms with van der Waals surface area (Å²) in [5, 5.41) is 8.97. The van der Waals surface area contributed by atoms with Crippen LogP contribution in [0, 0.1) is 6.92 Å². The molecule has 0 fully saturated rings. The molecule has 1 rings (SSSR count). The van der Waals surface area contributed by atoms with Gasteiger partial charge in [-0.3, -0.25) is 0 Å². The summed E-state index contributed by atoms with van der Waals surface area (Å²) < 4.78 is -1.54. The highest BCUT2D eigenvalue weighted by Gasteiger charge is 2.28. The van der Waals surface area contributed by atoms with Gasteiger partial charge in [0.15, 0.2) is 0 Å². The highest BCUT2D eigenvalue weighted by molar-refractivity contribution is 7.98. The van der Waals surface area contributed by atoms with E-state index in [1.165, 1.54) is 23.9 Å². The first-order valence-electron chi connectivity index (χ1n) is 4.27. The van der Waals surface area contributed by atoms with Crippen LogP contribution in [0.3, 0.4) is 0 Å². The molecule has 0 spiro atoms. The number of aromatic carboxylic acids is 1. The number of carbonyl (C=O) groups is 1. The number of rotatable bonds is 2. The number of hydrogen-bond acceptors (Lipinski definition) is 2. The minimum atomic E-state index is -1.54. The van der Waals surface area contributed by atoms with Crippen molar-refractivity contribution in [3.05, 3.63) is 28.8 Å². The van der Waals surface area contributed by atoms with Crippen molar-refractivity contribution >= 4 is 52.5 Å². The predicted molar refractivity (Wildman–Crippen MR) is 69.2 cm³/mol. The number of thioether (sulfide) groups is 1. The van der Waals surface area contributed by atoms with Gasteiger partial charge in [0, 0.05) is 10.5 Å². The number of benzene rings is 1. The fourth-order valence-electron chi connectivity index (χ4n) is 1.41. The molecule has 1 N–H and O–H groups in total. The highest BCUT2D eigenvalue weighted by atomic mass is 35.6. The van der Waals surface area contributed by atoms with E-state index < -0.39 is 9.76 Å². The van der Waals surface area contributed by atoms with Crippen LogP contribution < -0.4 is 0 Å². The van der Waals surface area contributed by atoms with Gasteiger partial charge in [-0.15, -0.1) is 11.8 Å². The van der Waals surface area contributed by atoms with Gasteiger partial charge < -0.3 is 5.11 Å². The topological polar surface area (TPSA) is 37.3 Å². The van der Waals surface area contributed by atoms with Crippen molar-refractivity contribution in [1.29, 1.82) is 0 Å². The normalized spacial score (nSPS) is 11.6. The van der Waals surface area contributed by atoms with E-state index in [1.807, 2.05) is 6.26 Å². The second-order valence-corrected chi connectivity index (χ2v) is 6.22. The SMILES string of the molecule is CSc1c(C(Cl)(Cl)Cl)ccc(C(=O)O)c1C. The lowest BCUT2D eigenvalue weighted by molar-refractivity contribution is 0.0696. The first kappa shape index (κ1) is 14.0. The van der Waals surface area contributed by atoms with E-state index in [2.05, 4.69) is 0 Å². The van der Waals surface area contributed by atoms with E-state index in [-0.39, 0.29) is 5.56 Å². The third-order valence-electron chi connectivity index (χ3n) is 2.15. The number of hydrogen-bond donors (Lipinski definition) is 1. The van der Waals surface area contributed by atoms with E-state index in [4.69, 9.17) is 39.9 Å². The first-order valence-corrected chi connectivity index (χ1v) is 6.63. The molecule has 1 aromatic carbocycles. The van der Waals surface area contributed by atoms with E-state index in [0.717, 1.165) is 0 Å². The van der Waals surface area contributed by atoms with Gasteiger partial charge >= 0.3 is 5.97 Å². The Labute approximate surface area is 113 Å². The monoisotopic (exact) mass is 298 g/mol. The Hall–Kier alpha value is -0.0900. The molecular formula is C10H9Cl3O2S. The molecule has 0 aliphatic carbocycles. The van der Waals surface area contributed by atoms with Crippen LogP contribution in [-0.2, 0) is 3.79 Å². The summed E-state index contributed by atoms with van der Waals surface area (Å²) in [7, 11) is 0. The zero-order valence-electron chi connectivity index (χ0n) is 8.55. The van der Waals surface area contributed by atoms with Gasteiger partial charge in [-0.1, -0.05) is 40.9 Å². The first-order chi connectivity index (χ1) is 7.29. The summed E-state index contributed by atoms with van der Waals surface area (Å²) in [5.74, 6) is -0.983. The third-order valence-corrected chi connectivity index (χ3v) is 3.69. The van der Waals surface area contributed by atoms with Crippen molar-refractivity contribution in [2.75, 3.05) is 6.26 Å². The second kappa shape index (κ2) is 5.05.